The predicted molar refractivity (Wildman–Crippen MR) is 88.5 cm³/mol. The molecule has 1 aromatic carbocycles. The first kappa shape index (κ1) is 16.3. The van der Waals surface area contributed by atoms with Crippen LogP contribution in [0.5, 0.6) is 0 Å². The fraction of sp³-hybridized carbons (Fsp3) is 0.588. The molecule has 2 N–H and O–H groups in total. The highest BCUT2D eigenvalue weighted by Crippen LogP contribution is 2.42. The molecule has 2 aliphatic rings. The highest BCUT2D eigenvalue weighted by Gasteiger charge is 2.51. The van der Waals surface area contributed by atoms with Crippen LogP contribution in [-0.2, 0) is 20.5 Å². The summed E-state index contributed by atoms with van der Waals surface area (Å²) < 4.78 is 17.3. The second kappa shape index (κ2) is 5.25. The van der Waals surface area contributed by atoms with Crippen molar-refractivity contribution in [3.05, 3.63) is 29.8 Å². The van der Waals surface area contributed by atoms with Crippen LogP contribution in [0.25, 0.3) is 0 Å². The summed E-state index contributed by atoms with van der Waals surface area (Å²) in [6.07, 6.45) is 1.74. The zero-order chi connectivity index (χ0) is 16.9. The summed E-state index contributed by atoms with van der Waals surface area (Å²) in [5, 5.41) is 0. The van der Waals surface area contributed by atoms with E-state index in [1.807, 2.05) is 52.0 Å². The summed E-state index contributed by atoms with van der Waals surface area (Å²) in [6.45, 7) is 8.16. The molecule has 23 heavy (non-hydrogen) atoms. The summed E-state index contributed by atoms with van der Waals surface area (Å²) in [6, 6.07) is 8.09. The van der Waals surface area contributed by atoms with Gasteiger partial charge in [-0.15, -0.1) is 0 Å². The Bertz CT molecular complexity index is 592. The smallest absolute Gasteiger partial charge is 0.443 e. The summed E-state index contributed by atoms with van der Waals surface area (Å²) >= 11 is 0. The molecule has 1 aliphatic heterocycles. The largest absolute Gasteiger partial charge is 0.494 e. The standard InChI is InChI=1S/C17H24BNO4/c1-15(2)16(3,4)23-18(22-15)13-7-5-12(6-8-13)11-17(9-10-17)21-14(19)20/h5-8H,9-11H2,1-4H3,(H2,19,20). The van der Waals surface area contributed by atoms with E-state index in [4.69, 9.17) is 19.8 Å². The topological polar surface area (TPSA) is 70.8 Å². The highest BCUT2D eigenvalue weighted by atomic mass is 16.7. The molecule has 6 heteroatoms. The number of carbonyl (C=O) groups is 1. The second-order valence-electron chi connectivity index (χ2n) is 7.61. The number of primary amides is 1. The van der Waals surface area contributed by atoms with E-state index in [2.05, 4.69) is 0 Å². The average molecular weight is 317 g/mol. The lowest BCUT2D eigenvalue weighted by molar-refractivity contribution is 0.00578. The third-order valence-corrected chi connectivity index (χ3v) is 5.16. The fourth-order valence-corrected chi connectivity index (χ4v) is 2.81. The monoisotopic (exact) mass is 317 g/mol. The third-order valence-electron chi connectivity index (χ3n) is 5.16. The van der Waals surface area contributed by atoms with Crippen molar-refractivity contribution in [1.82, 2.24) is 0 Å². The minimum absolute atomic E-state index is 0.344. The maximum Gasteiger partial charge on any atom is 0.494 e. The summed E-state index contributed by atoms with van der Waals surface area (Å²) in [5.41, 5.74) is 6.17. The molecule has 0 unspecified atom stereocenters. The van der Waals surface area contributed by atoms with Gasteiger partial charge in [0.25, 0.3) is 0 Å². The van der Waals surface area contributed by atoms with Crippen molar-refractivity contribution in [2.45, 2.75) is 63.8 Å². The Balaban J connectivity index is 1.68. The lowest BCUT2D eigenvalue weighted by Gasteiger charge is -2.32. The molecule has 124 valence electrons. The number of rotatable bonds is 4. The normalized spacial score (nSPS) is 23.6. The van der Waals surface area contributed by atoms with Gasteiger partial charge in [-0.1, -0.05) is 24.3 Å². The molecule has 3 rings (SSSR count). The van der Waals surface area contributed by atoms with Crippen LogP contribution < -0.4 is 11.2 Å². The van der Waals surface area contributed by atoms with Gasteiger partial charge in [0.15, 0.2) is 0 Å². The van der Waals surface area contributed by atoms with Gasteiger partial charge < -0.3 is 19.8 Å². The molecule has 0 spiro atoms. The van der Waals surface area contributed by atoms with E-state index in [1.54, 1.807) is 0 Å². The maximum absolute atomic E-state index is 11.0. The van der Waals surface area contributed by atoms with Crippen LogP contribution in [0.3, 0.4) is 0 Å². The van der Waals surface area contributed by atoms with Gasteiger partial charge in [-0.25, -0.2) is 4.79 Å². The minimum atomic E-state index is -0.698. The van der Waals surface area contributed by atoms with Crippen molar-refractivity contribution in [3.8, 4) is 0 Å². The Morgan fingerprint density at radius 3 is 2.09 bits per heavy atom. The average Bonchev–Trinajstić information content (AvgIpc) is 3.11. The van der Waals surface area contributed by atoms with Crippen LogP contribution in [0.15, 0.2) is 24.3 Å². The Morgan fingerprint density at radius 1 is 1.13 bits per heavy atom. The van der Waals surface area contributed by atoms with E-state index in [1.165, 1.54) is 0 Å². The van der Waals surface area contributed by atoms with Crippen LogP contribution >= 0.6 is 0 Å². The Hall–Kier alpha value is -1.53. The van der Waals surface area contributed by atoms with E-state index in [-0.39, 0.29) is 18.3 Å². The van der Waals surface area contributed by atoms with Gasteiger partial charge in [0.05, 0.1) is 11.2 Å². The number of nitrogens with two attached hydrogens (primary N) is 1. The first-order valence-electron chi connectivity index (χ1n) is 8.05. The van der Waals surface area contributed by atoms with Crippen LogP contribution in [-0.4, -0.2) is 30.0 Å². The zero-order valence-corrected chi connectivity index (χ0v) is 14.2. The van der Waals surface area contributed by atoms with Gasteiger partial charge in [0.2, 0.25) is 0 Å². The van der Waals surface area contributed by atoms with Crippen molar-refractivity contribution >= 4 is 18.7 Å². The van der Waals surface area contributed by atoms with E-state index >= 15 is 0 Å². The molecule has 0 radical (unpaired) electrons. The zero-order valence-electron chi connectivity index (χ0n) is 14.2. The first-order chi connectivity index (χ1) is 10.6. The first-order valence-corrected chi connectivity index (χ1v) is 8.05. The molecular formula is C17H24BNO4. The van der Waals surface area contributed by atoms with E-state index in [9.17, 15) is 4.79 Å². The fourth-order valence-electron chi connectivity index (χ4n) is 2.81. The van der Waals surface area contributed by atoms with Crippen molar-refractivity contribution in [1.29, 1.82) is 0 Å². The van der Waals surface area contributed by atoms with Gasteiger partial charge in [0.1, 0.15) is 5.60 Å². The predicted octanol–water partition coefficient (Wildman–Crippen LogP) is 2.16. The van der Waals surface area contributed by atoms with Crippen LogP contribution in [0, 0.1) is 0 Å². The van der Waals surface area contributed by atoms with Crippen LogP contribution in [0.4, 0.5) is 4.79 Å². The molecule has 1 saturated heterocycles. The summed E-state index contributed by atoms with van der Waals surface area (Å²) in [5.74, 6) is 0. The Morgan fingerprint density at radius 2 is 1.65 bits per heavy atom. The number of carbonyl (C=O) groups excluding carboxylic acids is 1. The number of hydrogen-bond donors (Lipinski definition) is 1. The van der Waals surface area contributed by atoms with Crippen molar-refractivity contribution in [3.63, 3.8) is 0 Å². The van der Waals surface area contributed by atoms with Gasteiger partial charge in [0, 0.05) is 6.42 Å². The molecule has 5 nitrogen and oxygen atoms in total. The summed E-state index contributed by atoms with van der Waals surface area (Å²) in [4.78, 5) is 11.0. The molecule has 1 aliphatic carbocycles. The number of ether oxygens (including phenoxy) is 1. The third kappa shape index (κ3) is 3.24. The highest BCUT2D eigenvalue weighted by molar-refractivity contribution is 6.62. The lowest BCUT2D eigenvalue weighted by atomic mass is 9.78. The van der Waals surface area contributed by atoms with Gasteiger partial charge >= 0.3 is 13.2 Å². The summed E-state index contributed by atoms with van der Waals surface area (Å²) in [7, 11) is -0.356. The van der Waals surface area contributed by atoms with E-state index < -0.39 is 11.7 Å². The molecular weight excluding hydrogens is 293 g/mol. The SMILES string of the molecule is CC1(C)OB(c2ccc(CC3(OC(N)=O)CC3)cc2)OC1(C)C. The van der Waals surface area contributed by atoms with Crippen molar-refractivity contribution in [2.75, 3.05) is 0 Å². The molecule has 1 aromatic rings. The van der Waals surface area contributed by atoms with Crippen molar-refractivity contribution < 1.29 is 18.8 Å². The molecule has 0 aromatic heterocycles. The van der Waals surface area contributed by atoms with Crippen molar-refractivity contribution in [2.24, 2.45) is 5.73 Å². The molecule has 2 fully saturated rings. The minimum Gasteiger partial charge on any atom is -0.443 e. The van der Waals surface area contributed by atoms with Gasteiger partial charge in [-0.3, -0.25) is 0 Å². The molecule has 0 atom stereocenters. The molecule has 0 bridgehead atoms. The number of benzene rings is 1. The van der Waals surface area contributed by atoms with E-state index in [0.717, 1.165) is 23.9 Å². The van der Waals surface area contributed by atoms with E-state index in [0.29, 0.717) is 6.42 Å². The van der Waals surface area contributed by atoms with Gasteiger partial charge in [-0.2, -0.15) is 0 Å². The second-order valence-corrected chi connectivity index (χ2v) is 7.61. The number of amides is 1. The maximum atomic E-state index is 11.0. The van der Waals surface area contributed by atoms with Crippen LogP contribution in [0.1, 0.15) is 46.1 Å². The molecule has 1 heterocycles. The number of hydrogen-bond acceptors (Lipinski definition) is 4. The Labute approximate surface area is 137 Å². The van der Waals surface area contributed by atoms with Gasteiger partial charge in [-0.05, 0) is 51.6 Å². The lowest BCUT2D eigenvalue weighted by Crippen LogP contribution is -2.41. The quantitative estimate of drug-likeness (QED) is 0.864. The Kier molecular flexibility index (Phi) is 3.73. The molecule has 1 amide bonds. The molecule has 1 saturated carbocycles. The van der Waals surface area contributed by atoms with Crippen LogP contribution in [0.2, 0.25) is 0 Å².